The van der Waals surface area contributed by atoms with Crippen molar-refractivity contribution in [1.29, 1.82) is 5.26 Å². The number of ketones is 1. The number of dihydropyridines is 1. The third-order valence-corrected chi connectivity index (χ3v) is 7.58. The van der Waals surface area contributed by atoms with Gasteiger partial charge in [-0.05, 0) is 61.4 Å². The molecule has 1 aromatic carbocycles. The smallest absolute Gasteiger partial charge is 0.234 e. The molecule has 0 bridgehead atoms. The first-order valence-electron chi connectivity index (χ1n) is 10.2. The van der Waals surface area contributed by atoms with Crippen LogP contribution in [0.25, 0.3) is 0 Å². The van der Waals surface area contributed by atoms with E-state index in [9.17, 15) is 14.9 Å². The van der Waals surface area contributed by atoms with Crippen molar-refractivity contribution in [2.24, 2.45) is 0 Å². The Kier molecular flexibility index (Phi) is 6.30. The van der Waals surface area contributed by atoms with E-state index < -0.39 is 0 Å². The average molecular weight is 450 g/mol. The zero-order valence-corrected chi connectivity index (χ0v) is 19.1. The molecular weight excluding hydrogens is 426 g/mol. The van der Waals surface area contributed by atoms with Crippen molar-refractivity contribution in [3.05, 3.63) is 73.6 Å². The van der Waals surface area contributed by atoms with Gasteiger partial charge in [-0.25, -0.2) is 0 Å². The molecule has 0 saturated carbocycles. The van der Waals surface area contributed by atoms with Gasteiger partial charge in [-0.15, -0.1) is 11.3 Å². The number of benzene rings is 1. The SMILES string of the molecule is Cc1ccc(NC(=O)CSC2=C(C#N)[C@H](c3cccs3)C3=C(CCCC3=O)N2)cc1C. The highest BCUT2D eigenvalue weighted by Crippen LogP contribution is 2.45. The van der Waals surface area contributed by atoms with Gasteiger partial charge in [0, 0.05) is 28.3 Å². The van der Waals surface area contributed by atoms with Crippen LogP contribution in [-0.4, -0.2) is 17.4 Å². The molecule has 0 unspecified atom stereocenters. The van der Waals surface area contributed by atoms with E-state index in [1.165, 1.54) is 17.3 Å². The van der Waals surface area contributed by atoms with Crippen LogP contribution >= 0.6 is 23.1 Å². The average Bonchev–Trinajstić information content (AvgIpc) is 3.28. The molecule has 0 spiro atoms. The molecule has 1 aromatic heterocycles. The predicted molar refractivity (Wildman–Crippen MR) is 126 cm³/mol. The Morgan fingerprint density at radius 2 is 2.13 bits per heavy atom. The molecular formula is C24H23N3O2S2. The fourth-order valence-corrected chi connectivity index (χ4v) is 5.64. The maximum absolute atomic E-state index is 12.7. The van der Waals surface area contributed by atoms with Gasteiger partial charge in [0.1, 0.15) is 0 Å². The molecule has 5 nitrogen and oxygen atoms in total. The minimum atomic E-state index is -0.348. The lowest BCUT2D eigenvalue weighted by atomic mass is 9.79. The van der Waals surface area contributed by atoms with E-state index in [1.807, 2.05) is 49.6 Å². The summed E-state index contributed by atoms with van der Waals surface area (Å²) in [6.07, 6.45) is 2.09. The standard InChI is InChI=1S/C24H23N3O2S2/c1-14-8-9-16(11-15(14)2)26-21(29)13-31-24-17(12-25)22(20-7-4-10-30-20)23-18(27-24)5-3-6-19(23)28/h4,7-11,22,27H,3,5-6,13H2,1-2H3,(H,26,29)/t22-/m1/s1. The van der Waals surface area contributed by atoms with Crippen LogP contribution in [0.5, 0.6) is 0 Å². The molecule has 1 amide bonds. The Labute approximate surface area is 190 Å². The Hall–Kier alpha value is -2.82. The van der Waals surface area contributed by atoms with E-state index in [0.717, 1.165) is 34.7 Å². The fraction of sp³-hybridized carbons (Fsp3) is 0.292. The number of carbonyl (C=O) groups excluding carboxylic acids is 2. The molecule has 0 fully saturated rings. The summed E-state index contributed by atoms with van der Waals surface area (Å²) in [6, 6.07) is 12.1. The number of anilines is 1. The van der Waals surface area contributed by atoms with E-state index >= 15 is 0 Å². The number of nitrogens with zero attached hydrogens (tertiary/aromatic N) is 1. The van der Waals surface area contributed by atoms with Gasteiger partial charge < -0.3 is 10.6 Å². The van der Waals surface area contributed by atoms with Crippen molar-refractivity contribution >= 4 is 40.5 Å². The van der Waals surface area contributed by atoms with Crippen LogP contribution in [0.15, 0.2) is 57.6 Å². The summed E-state index contributed by atoms with van der Waals surface area (Å²) in [7, 11) is 0. The number of nitriles is 1. The Morgan fingerprint density at radius 3 is 2.84 bits per heavy atom. The minimum Gasteiger partial charge on any atom is -0.352 e. The molecule has 2 aromatic rings. The Morgan fingerprint density at radius 1 is 1.29 bits per heavy atom. The maximum atomic E-state index is 12.7. The van der Waals surface area contributed by atoms with Gasteiger partial charge in [-0.2, -0.15) is 5.26 Å². The van der Waals surface area contributed by atoms with Gasteiger partial charge >= 0.3 is 0 Å². The number of thiophene rings is 1. The van der Waals surface area contributed by atoms with Crippen LogP contribution < -0.4 is 10.6 Å². The lowest BCUT2D eigenvalue weighted by Gasteiger charge is -2.32. The van der Waals surface area contributed by atoms with Crippen LogP contribution in [0.2, 0.25) is 0 Å². The summed E-state index contributed by atoms with van der Waals surface area (Å²) in [5.74, 6) is -0.198. The first-order chi connectivity index (χ1) is 15.0. The number of nitrogens with one attached hydrogen (secondary N) is 2. The number of hydrogen-bond donors (Lipinski definition) is 2. The van der Waals surface area contributed by atoms with Gasteiger partial charge in [-0.3, -0.25) is 9.59 Å². The molecule has 2 heterocycles. The van der Waals surface area contributed by atoms with Gasteiger partial charge in [0.05, 0.1) is 28.3 Å². The van der Waals surface area contributed by atoms with Crippen molar-refractivity contribution in [1.82, 2.24) is 5.32 Å². The number of allylic oxidation sites excluding steroid dienone is 3. The zero-order chi connectivity index (χ0) is 22.0. The van der Waals surface area contributed by atoms with Crippen molar-refractivity contribution in [2.45, 2.75) is 39.0 Å². The van der Waals surface area contributed by atoms with Crippen LogP contribution in [0.4, 0.5) is 5.69 Å². The Bertz CT molecular complexity index is 1140. The number of aryl methyl sites for hydroxylation is 2. The van der Waals surface area contributed by atoms with Crippen LogP contribution in [0.3, 0.4) is 0 Å². The van der Waals surface area contributed by atoms with Crippen molar-refractivity contribution < 1.29 is 9.59 Å². The van der Waals surface area contributed by atoms with Crippen LogP contribution in [0.1, 0.15) is 41.2 Å². The summed E-state index contributed by atoms with van der Waals surface area (Å²) in [4.78, 5) is 26.3. The first-order valence-corrected chi connectivity index (χ1v) is 12.0. The third-order valence-electron chi connectivity index (χ3n) is 5.63. The van der Waals surface area contributed by atoms with Gasteiger partial charge in [0.25, 0.3) is 0 Å². The van der Waals surface area contributed by atoms with E-state index in [2.05, 4.69) is 16.7 Å². The lowest BCUT2D eigenvalue weighted by Crippen LogP contribution is -2.31. The number of carbonyl (C=O) groups is 2. The largest absolute Gasteiger partial charge is 0.352 e. The number of Topliss-reactive ketones (excluding diaryl/α,β-unsaturated/α-hetero) is 1. The highest BCUT2D eigenvalue weighted by molar-refractivity contribution is 8.03. The zero-order valence-electron chi connectivity index (χ0n) is 17.5. The second-order valence-electron chi connectivity index (χ2n) is 7.73. The molecule has 2 N–H and O–H groups in total. The second-order valence-corrected chi connectivity index (χ2v) is 9.70. The number of amides is 1. The van der Waals surface area contributed by atoms with Gasteiger partial charge in [0.15, 0.2) is 5.78 Å². The van der Waals surface area contributed by atoms with E-state index in [-0.39, 0.29) is 23.4 Å². The van der Waals surface area contributed by atoms with Crippen LogP contribution in [-0.2, 0) is 9.59 Å². The van der Waals surface area contributed by atoms with Crippen molar-refractivity contribution in [3.8, 4) is 6.07 Å². The van der Waals surface area contributed by atoms with E-state index in [1.54, 1.807) is 11.3 Å². The molecule has 0 radical (unpaired) electrons. The third kappa shape index (κ3) is 4.46. The lowest BCUT2D eigenvalue weighted by molar-refractivity contribution is -0.116. The maximum Gasteiger partial charge on any atom is 0.234 e. The quantitative estimate of drug-likeness (QED) is 0.658. The molecule has 2 aliphatic rings. The minimum absolute atomic E-state index is 0.108. The summed E-state index contributed by atoms with van der Waals surface area (Å²) in [6.45, 7) is 4.04. The van der Waals surface area contributed by atoms with Gasteiger partial charge in [0.2, 0.25) is 5.91 Å². The summed E-state index contributed by atoms with van der Waals surface area (Å²) < 4.78 is 0. The van der Waals surface area contributed by atoms with Crippen molar-refractivity contribution in [3.63, 3.8) is 0 Å². The summed E-state index contributed by atoms with van der Waals surface area (Å²) >= 11 is 2.86. The molecule has 158 valence electrons. The molecule has 0 saturated heterocycles. The topological polar surface area (TPSA) is 82.0 Å². The monoisotopic (exact) mass is 449 g/mol. The summed E-state index contributed by atoms with van der Waals surface area (Å²) in [5, 5.41) is 18.9. The highest BCUT2D eigenvalue weighted by atomic mass is 32.2. The molecule has 31 heavy (non-hydrogen) atoms. The molecule has 4 rings (SSSR count). The Balaban J connectivity index is 1.56. The van der Waals surface area contributed by atoms with Crippen LogP contribution in [0, 0.1) is 25.2 Å². The number of thioether (sulfide) groups is 1. The van der Waals surface area contributed by atoms with E-state index in [0.29, 0.717) is 22.6 Å². The molecule has 1 aliphatic carbocycles. The second kappa shape index (κ2) is 9.13. The van der Waals surface area contributed by atoms with E-state index in [4.69, 9.17) is 0 Å². The summed E-state index contributed by atoms with van der Waals surface area (Å²) in [5.41, 5.74) is 5.18. The number of hydrogen-bond acceptors (Lipinski definition) is 6. The van der Waals surface area contributed by atoms with Gasteiger partial charge in [-0.1, -0.05) is 23.9 Å². The molecule has 1 atom stereocenters. The fourth-order valence-electron chi connectivity index (χ4n) is 3.93. The van der Waals surface area contributed by atoms with Crippen molar-refractivity contribution in [2.75, 3.05) is 11.1 Å². The molecule has 7 heteroatoms. The predicted octanol–water partition coefficient (Wildman–Crippen LogP) is 5.17. The first kappa shape index (κ1) is 21.4. The normalized spacial score (nSPS) is 18.4. The molecule has 1 aliphatic heterocycles. The number of rotatable bonds is 5. The highest BCUT2D eigenvalue weighted by Gasteiger charge is 2.37.